The highest BCUT2D eigenvalue weighted by Crippen LogP contribution is 2.20. The average Bonchev–Trinajstić information content (AvgIpc) is 2.76. The first kappa shape index (κ1) is 21.5. The summed E-state index contributed by atoms with van der Waals surface area (Å²) in [6, 6.07) is 13.5. The van der Waals surface area contributed by atoms with E-state index in [0.717, 1.165) is 25.7 Å². The summed E-state index contributed by atoms with van der Waals surface area (Å²) in [5.74, 6) is -2.12. The van der Waals surface area contributed by atoms with Gasteiger partial charge in [0.2, 0.25) is 0 Å². The van der Waals surface area contributed by atoms with Gasteiger partial charge in [0.25, 0.3) is 5.91 Å². The van der Waals surface area contributed by atoms with Crippen LogP contribution in [-0.2, 0) is 9.59 Å². The summed E-state index contributed by atoms with van der Waals surface area (Å²) in [6.07, 6.45) is 6.68. The largest absolute Gasteiger partial charge is 0.349 e. The van der Waals surface area contributed by atoms with E-state index in [1.807, 2.05) is 0 Å². The molecule has 1 fully saturated rings. The molecule has 2 aromatic carbocycles. The fraction of sp³-hybridized carbons (Fsp3) is 0.273. The highest BCUT2D eigenvalue weighted by molar-refractivity contribution is 6.40. The SMILES string of the molecule is O=C(N/N=C/c1ccc(Cl)cc1)C(=O)Nc1ccccc1C(=O)NC1CCCCC1. The van der Waals surface area contributed by atoms with Crippen LogP contribution in [0.3, 0.4) is 0 Å². The second-order valence-corrected chi connectivity index (χ2v) is 7.50. The molecule has 1 saturated carbocycles. The summed E-state index contributed by atoms with van der Waals surface area (Å²) in [6.45, 7) is 0. The average molecular weight is 427 g/mol. The number of benzene rings is 2. The van der Waals surface area contributed by atoms with Gasteiger partial charge in [-0.25, -0.2) is 5.43 Å². The fourth-order valence-corrected chi connectivity index (χ4v) is 3.37. The van der Waals surface area contributed by atoms with E-state index < -0.39 is 11.8 Å². The lowest BCUT2D eigenvalue weighted by molar-refractivity contribution is -0.136. The third-order valence-corrected chi connectivity index (χ3v) is 5.07. The van der Waals surface area contributed by atoms with Gasteiger partial charge in [0.15, 0.2) is 0 Å². The van der Waals surface area contributed by atoms with Crippen LogP contribution in [0.15, 0.2) is 53.6 Å². The Hall–Kier alpha value is -3.19. The maximum Gasteiger partial charge on any atom is 0.329 e. The first-order chi connectivity index (χ1) is 14.5. The molecule has 3 amide bonds. The van der Waals surface area contributed by atoms with Crippen LogP contribution in [0, 0.1) is 0 Å². The van der Waals surface area contributed by atoms with Gasteiger partial charge < -0.3 is 10.6 Å². The Morgan fingerprint density at radius 1 is 0.933 bits per heavy atom. The molecular formula is C22H23ClN4O3. The minimum absolute atomic E-state index is 0.139. The quantitative estimate of drug-likeness (QED) is 0.387. The van der Waals surface area contributed by atoms with Crippen molar-refractivity contribution < 1.29 is 14.4 Å². The van der Waals surface area contributed by atoms with E-state index in [1.54, 1.807) is 48.5 Å². The third kappa shape index (κ3) is 6.15. The van der Waals surface area contributed by atoms with Crippen molar-refractivity contribution in [3.8, 4) is 0 Å². The Bertz CT molecular complexity index is 938. The lowest BCUT2D eigenvalue weighted by Gasteiger charge is -2.23. The topological polar surface area (TPSA) is 99.7 Å². The van der Waals surface area contributed by atoms with E-state index in [-0.39, 0.29) is 17.6 Å². The summed E-state index contributed by atoms with van der Waals surface area (Å²) >= 11 is 5.81. The Morgan fingerprint density at radius 2 is 1.63 bits per heavy atom. The van der Waals surface area contributed by atoms with Gasteiger partial charge >= 0.3 is 11.8 Å². The Kier molecular flexibility index (Phi) is 7.57. The fourth-order valence-electron chi connectivity index (χ4n) is 3.24. The number of nitrogens with one attached hydrogen (secondary N) is 3. The Morgan fingerprint density at radius 3 is 2.37 bits per heavy atom. The lowest BCUT2D eigenvalue weighted by atomic mass is 9.95. The Labute approximate surface area is 179 Å². The second-order valence-electron chi connectivity index (χ2n) is 7.06. The predicted molar refractivity (Wildman–Crippen MR) is 117 cm³/mol. The molecule has 2 aromatic rings. The van der Waals surface area contributed by atoms with Crippen molar-refractivity contribution in [3.05, 3.63) is 64.7 Å². The molecule has 1 aliphatic carbocycles. The zero-order valence-electron chi connectivity index (χ0n) is 16.4. The first-order valence-corrected chi connectivity index (χ1v) is 10.2. The molecule has 0 atom stereocenters. The van der Waals surface area contributed by atoms with Crippen LogP contribution in [0.5, 0.6) is 0 Å². The number of carbonyl (C=O) groups is 3. The van der Waals surface area contributed by atoms with Crippen LogP contribution in [0.4, 0.5) is 5.69 Å². The molecule has 3 N–H and O–H groups in total. The number of anilines is 1. The molecule has 0 radical (unpaired) electrons. The van der Waals surface area contributed by atoms with Gasteiger partial charge in [-0.15, -0.1) is 0 Å². The summed E-state index contributed by atoms with van der Waals surface area (Å²) in [5, 5.41) is 9.84. The van der Waals surface area contributed by atoms with Crippen molar-refractivity contribution in [3.63, 3.8) is 0 Å². The number of nitrogens with zero attached hydrogens (tertiary/aromatic N) is 1. The van der Waals surface area contributed by atoms with Gasteiger partial charge in [-0.05, 0) is 42.7 Å². The molecule has 0 spiro atoms. The molecule has 0 saturated heterocycles. The number of hydrazone groups is 1. The first-order valence-electron chi connectivity index (χ1n) is 9.83. The molecular weight excluding hydrogens is 404 g/mol. The summed E-state index contributed by atoms with van der Waals surface area (Å²) in [7, 11) is 0. The van der Waals surface area contributed by atoms with Crippen molar-refractivity contribution >= 4 is 41.2 Å². The van der Waals surface area contributed by atoms with Crippen LogP contribution in [0.25, 0.3) is 0 Å². The van der Waals surface area contributed by atoms with E-state index in [4.69, 9.17) is 11.6 Å². The van der Waals surface area contributed by atoms with Crippen LogP contribution in [0.2, 0.25) is 5.02 Å². The number of carbonyl (C=O) groups excluding carboxylic acids is 3. The number of hydrogen-bond donors (Lipinski definition) is 3. The van der Waals surface area contributed by atoms with Gasteiger partial charge in [-0.1, -0.05) is 55.1 Å². The monoisotopic (exact) mass is 426 g/mol. The van der Waals surface area contributed by atoms with E-state index >= 15 is 0 Å². The van der Waals surface area contributed by atoms with Crippen LogP contribution < -0.4 is 16.1 Å². The second kappa shape index (κ2) is 10.5. The highest BCUT2D eigenvalue weighted by Gasteiger charge is 2.20. The molecule has 7 nitrogen and oxygen atoms in total. The summed E-state index contributed by atoms with van der Waals surface area (Å²) in [4.78, 5) is 36.9. The minimum Gasteiger partial charge on any atom is -0.349 e. The lowest BCUT2D eigenvalue weighted by Crippen LogP contribution is -2.37. The van der Waals surface area contributed by atoms with Crippen LogP contribution in [-0.4, -0.2) is 30.0 Å². The molecule has 3 rings (SSSR count). The van der Waals surface area contributed by atoms with Gasteiger partial charge in [0.05, 0.1) is 17.5 Å². The maximum absolute atomic E-state index is 12.6. The van der Waals surface area contributed by atoms with Crippen LogP contribution >= 0.6 is 11.6 Å². The molecule has 1 aliphatic rings. The van der Waals surface area contributed by atoms with Crippen molar-refractivity contribution in [2.45, 2.75) is 38.1 Å². The molecule has 156 valence electrons. The van der Waals surface area contributed by atoms with E-state index in [2.05, 4.69) is 21.2 Å². The molecule has 0 bridgehead atoms. The zero-order chi connectivity index (χ0) is 21.3. The smallest absolute Gasteiger partial charge is 0.329 e. The van der Waals surface area contributed by atoms with Gasteiger partial charge in [-0.2, -0.15) is 5.10 Å². The van der Waals surface area contributed by atoms with Crippen molar-refractivity contribution in [1.29, 1.82) is 0 Å². The normalized spacial score (nSPS) is 14.3. The van der Waals surface area contributed by atoms with Gasteiger partial charge in [-0.3, -0.25) is 14.4 Å². The zero-order valence-corrected chi connectivity index (χ0v) is 17.1. The standard InChI is InChI=1S/C22H23ClN4O3/c23-16-12-10-15(11-13-16)14-24-27-22(30)21(29)26-19-9-5-4-8-18(19)20(28)25-17-6-2-1-3-7-17/h4-5,8-14,17H,1-3,6-7H2,(H,25,28)(H,26,29)(H,27,30)/b24-14+. The molecule has 0 unspecified atom stereocenters. The van der Waals surface area contributed by atoms with Crippen LogP contribution in [0.1, 0.15) is 48.0 Å². The number of hydrogen-bond acceptors (Lipinski definition) is 4. The number of rotatable bonds is 5. The summed E-state index contributed by atoms with van der Waals surface area (Å²) in [5.41, 5.74) is 3.46. The number of para-hydroxylation sites is 1. The van der Waals surface area contributed by atoms with E-state index in [0.29, 0.717) is 16.1 Å². The van der Waals surface area contributed by atoms with E-state index in [1.165, 1.54) is 12.6 Å². The number of amides is 3. The van der Waals surface area contributed by atoms with Crippen molar-refractivity contribution in [2.24, 2.45) is 5.10 Å². The van der Waals surface area contributed by atoms with Gasteiger partial charge in [0.1, 0.15) is 0 Å². The van der Waals surface area contributed by atoms with Gasteiger partial charge in [0, 0.05) is 11.1 Å². The molecule has 8 heteroatoms. The third-order valence-electron chi connectivity index (χ3n) is 4.82. The van der Waals surface area contributed by atoms with Crippen molar-refractivity contribution in [1.82, 2.24) is 10.7 Å². The van der Waals surface area contributed by atoms with Crippen molar-refractivity contribution in [2.75, 3.05) is 5.32 Å². The minimum atomic E-state index is -0.942. The maximum atomic E-state index is 12.6. The number of halogens is 1. The predicted octanol–water partition coefficient (Wildman–Crippen LogP) is 3.49. The molecule has 0 aromatic heterocycles. The molecule has 30 heavy (non-hydrogen) atoms. The molecule has 0 heterocycles. The Balaban J connectivity index is 1.58. The van der Waals surface area contributed by atoms with E-state index in [9.17, 15) is 14.4 Å². The summed E-state index contributed by atoms with van der Waals surface area (Å²) < 4.78 is 0. The highest BCUT2D eigenvalue weighted by atomic mass is 35.5. The molecule has 0 aliphatic heterocycles.